The molecule has 1 aliphatic carbocycles. The third-order valence-electron chi connectivity index (χ3n) is 6.23. The molecular formula is C23H23FN6O2S2. The summed E-state index contributed by atoms with van der Waals surface area (Å²) in [6, 6.07) is 6.25. The van der Waals surface area contributed by atoms with E-state index in [0.717, 1.165) is 49.4 Å². The number of thiazole rings is 1. The fourth-order valence-corrected chi connectivity index (χ4v) is 6.54. The number of hydrogen-bond acceptors (Lipinski definition) is 7. The normalized spacial score (nSPS) is 18.4. The SMILES string of the molecule is O=S(C1CC1)N1CCC(Nc2nccc(-c3c(-c4ccc(F)c(O)c4)nc4sccn34)n2)CC1. The highest BCUT2D eigenvalue weighted by Gasteiger charge is 2.34. The second-order valence-electron chi connectivity index (χ2n) is 8.62. The number of aromatic nitrogens is 4. The molecule has 2 fully saturated rings. The number of piperidine rings is 1. The van der Waals surface area contributed by atoms with Gasteiger partial charge in [-0.15, -0.1) is 11.3 Å². The molecule has 0 amide bonds. The molecule has 1 saturated heterocycles. The van der Waals surface area contributed by atoms with Gasteiger partial charge in [0.2, 0.25) is 5.95 Å². The summed E-state index contributed by atoms with van der Waals surface area (Å²) >= 11 is 1.49. The van der Waals surface area contributed by atoms with E-state index in [2.05, 4.69) is 14.6 Å². The van der Waals surface area contributed by atoms with E-state index in [4.69, 9.17) is 9.97 Å². The average Bonchev–Trinajstić information content (AvgIpc) is 3.49. The van der Waals surface area contributed by atoms with Gasteiger partial charge in [0.05, 0.1) is 22.4 Å². The summed E-state index contributed by atoms with van der Waals surface area (Å²) in [5.41, 5.74) is 2.65. The molecule has 8 nitrogen and oxygen atoms in total. The summed E-state index contributed by atoms with van der Waals surface area (Å²) in [7, 11) is -0.842. The van der Waals surface area contributed by atoms with E-state index in [1.54, 1.807) is 12.3 Å². The Morgan fingerprint density at radius 3 is 2.74 bits per heavy atom. The summed E-state index contributed by atoms with van der Waals surface area (Å²) in [5, 5.41) is 15.6. The Morgan fingerprint density at radius 1 is 1.15 bits per heavy atom. The Hall–Kier alpha value is -2.89. The molecule has 4 heterocycles. The van der Waals surface area contributed by atoms with Gasteiger partial charge in [-0.1, -0.05) is 0 Å². The van der Waals surface area contributed by atoms with E-state index in [1.807, 2.05) is 22.0 Å². The highest BCUT2D eigenvalue weighted by molar-refractivity contribution is 7.83. The zero-order valence-electron chi connectivity index (χ0n) is 18.2. The Bertz CT molecular complexity index is 1380. The predicted molar refractivity (Wildman–Crippen MR) is 131 cm³/mol. The molecule has 4 aromatic rings. The zero-order valence-corrected chi connectivity index (χ0v) is 19.9. The summed E-state index contributed by atoms with van der Waals surface area (Å²) in [4.78, 5) is 14.7. The van der Waals surface area contributed by atoms with Crippen LogP contribution in [-0.2, 0) is 11.0 Å². The van der Waals surface area contributed by atoms with Crippen molar-refractivity contribution in [1.29, 1.82) is 0 Å². The van der Waals surface area contributed by atoms with Crippen molar-refractivity contribution in [1.82, 2.24) is 23.7 Å². The molecule has 0 bridgehead atoms. The quantitative estimate of drug-likeness (QED) is 0.416. The van der Waals surface area contributed by atoms with Gasteiger partial charge in [-0.25, -0.2) is 27.9 Å². The maximum Gasteiger partial charge on any atom is 0.223 e. The van der Waals surface area contributed by atoms with Gasteiger partial charge < -0.3 is 10.4 Å². The van der Waals surface area contributed by atoms with Crippen molar-refractivity contribution in [2.45, 2.75) is 37.0 Å². The van der Waals surface area contributed by atoms with E-state index in [9.17, 15) is 13.7 Å². The minimum atomic E-state index is -0.842. The first-order valence-electron chi connectivity index (χ1n) is 11.3. The minimum absolute atomic E-state index is 0.211. The molecule has 34 heavy (non-hydrogen) atoms. The molecule has 0 spiro atoms. The van der Waals surface area contributed by atoms with Crippen LogP contribution in [0.15, 0.2) is 42.0 Å². The summed E-state index contributed by atoms with van der Waals surface area (Å²) in [5.74, 6) is -0.567. The molecule has 11 heteroatoms. The van der Waals surface area contributed by atoms with E-state index < -0.39 is 22.6 Å². The number of halogens is 1. The van der Waals surface area contributed by atoms with Crippen LogP contribution in [0.1, 0.15) is 25.7 Å². The molecule has 176 valence electrons. The van der Waals surface area contributed by atoms with Crippen LogP contribution in [0.3, 0.4) is 0 Å². The number of benzene rings is 1. The van der Waals surface area contributed by atoms with Crippen molar-refractivity contribution in [2.24, 2.45) is 0 Å². The highest BCUT2D eigenvalue weighted by Crippen LogP contribution is 2.35. The van der Waals surface area contributed by atoms with E-state index in [0.29, 0.717) is 28.1 Å². The van der Waals surface area contributed by atoms with Crippen molar-refractivity contribution in [3.8, 4) is 28.4 Å². The molecule has 1 atom stereocenters. The summed E-state index contributed by atoms with van der Waals surface area (Å²) in [6.07, 6.45) is 7.55. The van der Waals surface area contributed by atoms with Crippen LogP contribution in [0.25, 0.3) is 27.6 Å². The summed E-state index contributed by atoms with van der Waals surface area (Å²) < 4.78 is 30.1. The maximum atomic E-state index is 13.6. The van der Waals surface area contributed by atoms with Gasteiger partial charge >= 0.3 is 0 Å². The number of phenolic OH excluding ortho intramolecular Hbond substituents is 1. The van der Waals surface area contributed by atoms with Gasteiger partial charge in [-0.05, 0) is 49.9 Å². The number of nitrogens with one attached hydrogen (secondary N) is 1. The van der Waals surface area contributed by atoms with Crippen molar-refractivity contribution in [2.75, 3.05) is 18.4 Å². The van der Waals surface area contributed by atoms with Crippen LogP contribution in [0.4, 0.5) is 10.3 Å². The molecule has 0 radical (unpaired) electrons. The third-order valence-corrected chi connectivity index (χ3v) is 8.90. The predicted octanol–water partition coefficient (Wildman–Crippen LogP) is 4.07. The molecule has 2 aliphatic rings. The van der Waals surface area contributed by atoms with Gasteiger partial charge in [0.25, 0.3) is 0 Å². The van der Waals surface area contributed by atoms with Crippen molar-refractivity contribution >= 4 is 33.2 Å². The topological polar surface area (TPSA) is 95.7 Å². The fraction of sp³-hybridized carbons (Fsp3) is 0.348. The van der Waals surface area contributed by atoms with Crippen molar-refractivity contribution < 1.29 is 13.7 Å². The average molecular weight is 499 g/mol. The number of rotatable bonds is 6. The van der Waals surface area contributed by atoms with Crippen molar-refractivity contribution in [3.63, 3.8) is 0 Å². The first-order chi connectivity index (χ1) is 16.6. The number of aromatic hydroxyl groups is 1. The standard InChI is InChI=1S/C23H23FN6O2S2/c24-17-4-1-14(13-19(17)31)20-21(30-11-12-33-23(30)28-20)18-5-8-25-22(27-18)26-15-6-9-29(10-7-15)34(32)16-2-3-16/h1,4-5,8,11-13,15-16,31H,2-3,6-7,9-10H2,(H,25,26,27). The molecule has 6 rings (SSSR count). The minimum Gasteiger partial charge on any atom is -0.505 e. The smallest absolute Gasteiger partial charge is 0.223 e. The second-order valence-corrected chi connectivity index (χ2v) is 11.2. The Labute approximate surface area is 202 Å². The fourth-order valence-electron chi connectivity index (χ4n) is 4.30. The lowest BCUT2D eigenvalue weighted by Gasteiger charge is -2.31. The molecule has 2 N–H and O–H groups in total. The van der Waals surface area contributed by atoms with Crippen LogP contribution in [0, 0.1) is 5.82 Å². The number of nitrogens with zero attached hydrogens (tertiary/aromatic N) is 5. The van der Waals surface area contributed by atoms with Crippen LogP contribution >= 0.6 is 11.3 Å². The van der Waals surface area contributed by atoms with Crippen LogP contribution in [0.5, 0.6) is 5.75 Å². The number of phenols is 1. The monoisotopic (exact) mass is 498 g/mol. The number of anilines is 1. The molecule has 1 unspecified atom stereocenters. The second kappa shape index (κ2) is 8.71. The van der Waals surface area contributed by atoms with Gasteiger partial charge in [0.1, 0.15) is 5.69 Å². The first kappa shape index (κ1) is 21.6. The first-order valence-corrected chi connectivity index (χ1v) is 13.3. The van der Waals surface area contributed by atoms with Crippen LogP contribution in [-0.4, -0.2) is 57.4 Å². The largest absolute Gasteiger partial charge is 0.505 e. The van der Waals surface area contributed by atoms with E-state index in [-0.39, 0.29) is 6.04 Å². The van der Waals surface area contributed by atoms with Crippen molar-refractivity contribution in [3.05, 3.63) is 47.9 Å². The van der Waals surface area contributed by atoms with E-state index in [1.165, 1.54) is 23.5 Å². The maximum absolute atomic E-state index is 13.6. The van der Waals surface area contributed by atoms with Gasteiger partial charge in [0, 0.05) is 47.7 Å². The van der Waals surface area contributed by atoms with E-state index >= 15 is 0 Å². The molecule has 3 aromatic heterocycles. The Morgan fingerprint density at radius 2 is 1.97 bits per heavy atom. The highest BCUT2D eigenvalue weighted by atomic mass is 32.2. The lowest BCUT2D eigenvalue weighted by molar-refractivity contribution is 0.344. The third kappa shape index (κ3) is 4.08. The van der Waals surface area contributed by atoms with Crippen LogP contribution < -0.4 is 5.32 Å². The lowest BCUT2D eigenvalue weighted by Crippen LogP contribution is -2.41. The Kier molecular flexibility index (Phi) is 5.54. The molecule has 1 aliphatic heterocycles. The van der Waals surface area contributed by atoms with Gasteiger partial charge in [-0.2, -0.15) is 0 Å². The molecule has 1 aromatic carbocycles. The molecule has 1 saturated carbocycles. The lowest BCUT2D eigenvalue weighted by atomic mass is 10.1. The Balaban J connectivity index is 1.27. The van der Waals surface area contributed by atoms with Gasteiger partial charge in [-0.3, -0.25) is 4.40 Å². The zero-order chi connectivity index (χ0) is 23.2. The number of fused-ring (bicyclic) bond motifs is 1. The summed E-state index contributed by atoms with van der Waals surface area (Å²) in [6.45, 7) is 1.60. The molecular weight excluding hydrogens is 475 g/mol. The van der Waals surface area contributed by atoms with Crippen LogP contribution in [0.2, 0.25) is 0 Å². The number of hydrogen-bond donors (Lipinski definition) is 2. The number of imidazole rings is 1. The van der Waals surface area contributed by atoms with Gasteiger partial charge in [0.15, 0.2) is 16.5 Å².